The summed E-state index contributed by atoms with van der Waals surface area (Å²) in [6.45, 7) is 0. The summed E-state index contributed by atoms with van der Waals surface area (Å²) >= 11 is 1.28. The lowest BCUT2D eigenvalue weighted by atomic mass is 10.2. The Morgan fingerprint density at radius 3 is 2.33 bits per heavy atom. The second kappa shape index (κ2) is 8.38. The number of thiazole rings is 1. The molecule has 2 aromatic carbocycles. The van der Waals surface area contributed by atoms with Crippen LogP contribution in [0.2, 0.25) is 0 Å². The van der Waals surface area contributed by atoms with Gasteiger partial charge in [-0.2, -0.15) is 9.50 Å². The molecule has 0 saturated carbocycles. The standard InChI is InChI=1S/C22H19N3O4S/c1-27-16-8-4-14(5-9-16)6-11-20-23-22-25(24-20)21(26)19(30-22)12-15-7-10-17(28-2)13-18(15)29-3/h4-13H,1-3H3/b11-6+,19-12-. The van der Waals surface area contributed by atoms with E-state index < -0.39 is 0 Å². The lowest BCUT2D eigenvalue weighted by Gasteiger charge is -2.06. The van der Waals surface area contributed by atoms with Crippen molar-refractivity contribution < 1.29 is 14.2 Å². The molecular weight excluding hydrogens is 402 g/mol. The van der Waals surface area contributed by atoms with Crippen molar-refractivity contribution in [3.05, 3.63) is 74.3 Å². The van der Waals surface area contributed by atoms with E-state index in [0.717, 1.165) is 16.9 Å². The Bertz CT molecular complexity index is 1320. The van der Waals surface area contributed by atoms with Crippen LogP contribution in [0.5, 0.6) is 17.2 Å². The van der Waals surface area contributed by atoms with Gasteiger partial charge in [-0.15, -0.1) is 5.10 Å². The van der Waals surface area contributed by atoms with Gasteiger partial charge in [0.05, 0.1) is 25.9 Å². The molecule has 0 fully saturated rings. The monoisotopic (exact) mass is 421 g/mol. The zero-order chi connectivity index (χ0) is 21.1. The van der Waals surface area contributed by atoms with Crippen LogP contribution in [-0.4, -0.2) is 35.9 Å². The fourth-order valence-electron chi connectivity index (χ4n) is 2.88. The maximum absolute atomic E-state index is 12.7. The van der Waals surface area contributed by atoms with Crippen LogP contribution in [-0.2, 0) is 0 Å². The minimum absolute atomic E-state index is 0.218. The number of fused-ring (bicyclic) bond motifs is 1. The average molecular weight is 421 g/mol. The van der Waals surface area contributed by atoms with Crippen LogP contribution in [0, 0.1) is 0 Å². The molecule has 152 valence electrons. The molecule has 0 atom stereocenters. The van der Waals surface area contributed by atoms with Crippen LogP contribution in [0.25, 0.3) is 23.2 Å². The van der Waals surface area contributed by atoms with E-state index in [4.69, 9.17) is 14.2 Å². The molecule has 30 heavy (non-hydrogen) atoms. The van der Waals surface area contributed by atoms with E-state index in [1.165, 1.54) is 15.9 Å². The molecule has 0 bridgehead atoms. The van der Waals surface area contributed by atoms with Crippen LogP contribution in [0.3, 0.4) is 0 Å². The molecule has 0 spiro atoms. The first-order chi connectivity index (χ1) is 14.6. The van der Waals surface area contributed by atoms with E-state index in [2.05, 4.69) is 10.1 Å². The third-order valence-corrected chi connectivity index (χ3v) is 5.43. The number of methoxy groups -OCH3 is 3. The first-order valence-corrected chi connectivity index (χ1v) is 9.88. The maximum atomic E-state index is 12.7. The van der Waals surface area contributed by atoms with E-state index >= 15 is 0 Å². The zero-order valence-corrected chi connectivity index (χ0v) is 17.5. The number of hydrogen-bond acceptors (Lipinski definition) is 7. The molecule has 4 rings (SSSR count). The molecule has 4 aromatic rings. The Kier molecular flexibility index (Phi) is 5.49. The van der Waals surface area contributed by atoms with Crippen LogP contribution in [0.4, 0.5) is 0 Å². The van der Waals surface area contributed by atoms with E-state index in [0.29, 0.717) is 26.8 Å². The van der Waals surface area contributed by atoms with E-state index in [1.807, 2.05) is 42.5 Å². The van der Waals surface area contributed by atoms with Gasteiger partial charge in [-0.25, -0.2) is 0 Å². The predicted octanol–water partition coefficient (Wildman–Crippen LogP) is 2.89. The highest BCUT2D eigenvalue weighted by atomic mass is 32.1. The molecule has 0 radical (unpaired) electrons. The van der Waals surface area contributed by atoms with Crippen molar-refractivity contribution in [2.75, 3.05) is 21.3 Å². The number of benzene rings is 2. The number of aromatic nitrogens is 3. The van der Waals surface area contributed by atoms with Gasteiger partial charge >= 0.3 is 0 Å². The number of ether oxygens (including phenoxy) is 3. The van der Waals surface area contributed by atoms with Crippen molar-refractivity contribution in [3.8, 4) is 17.2 Å². The molecule has 0 unspecified atom stereocenters. The van der Waals surface area contributed by atoms with E-state index in [-0.39, 0.29) is 5.56 Å². The Hall–Kier alpha value is -3.65. The molecule has 7 nitrogen and oxygen atoms in total. The lowest BCUT2D eigenvalue weighted by molar-refractivity contribution is 0.393. The molecule has 0 aliphatic carbocycles. The number of nitrogens with zero attached hydrogens (tertiary/aromatic N) is 3. The second-order valence-corrected chi connectivity index (χ2v) is 7.30. The summed E-state index contributed by atoms with van der Waals surface area (Å²) in [5.41, 5.74) is 1.54. The molecule has 8 heteroatoms. The third kappa shape index (κ3) is 3.90. The summed E-state index contributed by atoms with van der Waals surface area (Å²) in [5.74, 6) is 2.57. The number of hydrogen-bond donors (Lipinski definition) is 0. The molecular formula is C22H19N3O4S. The summed E-state index contributed by atoms with van der Waals surface area (Å²) < 4.78 is 17.6. The first-order valence-electron chi connectivity index (χ1n) is 9.06. The Morgan fingerprint density at radius 1 is 0.933 bits per heavy atom. The smallest absolute Gasteiger partial charge is 0.291 e. The average Bonchev–Trinajstić information content (AvgIpc) is 3.31. The van der Waals surface area contributed by atoms with Crippen molar-refractivity contribution >= 4 is 34.5 Å². The first kappa shape index (κ1) is 19.7. The summed E-state index contributed by atoms with van der Waals surface area (Å²) in [4.78, 5) is 17.7. The molecule has 2 aromatic heterocycles. The molecule has 2 heterocycles. The maximum Gasteiger partial charge on any atom is 0.291 e. The summed E-state index contributed by atoms with van der Waals surface area (Å²) in [5, 5.41) is 4.31. The van der Waals surface area contributed by atoms with Crippen molar-refractivity contribution in [1.82, 2.24) is 14.6 Å². The Balaban J connectivity index is 1.65. The Labute approximate surface area is 176 Å². The summed E-state index contributed by atoms with van der Waals surface area (Å²) in [7, 11) is 4.80. The highest BCUT2D eigenvalue weighted by Crippen LogP contribution is 2.25. The summed E-state index contributed by atoms with van der Waals surface area (Å²) in [6, 6.07) is 13.1. The van der Waals surface area contributed by atoms with Crippen LogP contribution < -0.4 is 24.3 Å². The lowest BCUT2D eigenvalue weighted by Crippen LogP contribution is -2.23. The van der Waals surface area contributed by atoms with Gasteiger partial charge in [0, 0.05) is 11.6 Å². The molecule has 0 amide bonds. The van der Waals surface area contributed by atoms with Gasteiger partial charge in [0.25, 0.3) is 5.56 Å². The van der Waals surface area contributed by atoms with Gasteiger partial charge in [-0.1, -0.05) is 29.5 Å². The molecule has 0 saturated heterocycles. The summed E-state index contributed by atoms with van der Waals surface area (Å²) in [6.07, 6.45) is 5.43. The van der Waals surface area contributed by atoms with Crippen LogP contribution in [0.15, 0.2) is 47.3 Å². The minimum Gasteiger partial charge on any atom is -0.497 e. The van der Waals surface area contributed by atoms with E-state index in [1.54, 1.807) is 39.5 Å². The third-order valence-electron chi connectivity index (χ3n) is 4.47. The highest BCUT2D eigenvalue weighted by Gasteiger charge is 2.10. The molecule has 0 N–H and O–H groups in total. The zero-order valence-electron chi connectivity index (χ0n) is 16.7. The number of rotatable bonds is 6. The van der Waals surface area contributed by atoms with Crippen molar-refractivity contribution in [2.24, 2.45) is 0 Å². The quantitative estimate of drug-likeness (QED) is 0.477. The fraction of sp³-hybridized carbons (Fsp3) is 0.136. The largest absolute Gasteiger partial charge is 0.497 e. The molecule has 0 aliphatic heterocycles. The SMILES string of the molecule is COc1ccc(/C=C/c2nc3s/c(=C\c4ccc(OC)cc4OC)c(=O)n3n2)cc1. The van der Waals surface area contributed by atoms with Crippen LogP contribution >= 0.6 is 11.3 Å². The minimum atomic E-state index is -0.218. The highest BCUT2D eigenvalue weighted by molar-refractivity contribution is 7.15. The fourth-order valence-corrected chi connectivity index (χ4v) is 3.79. The van der Waals surface area contributed by atoms with Gasteiger partial charge < -0.3 is 14.2 Å². The van der Waals surface area contributed by atoms with Crippen molar-refractivity contribution in [1.29, 1.82) is 0 Å². The van der Waals surface area contributed by atoms with Gasteiger partial charge in [-0.3, -0.25) is 4.79 Å². The second-order valence-electron chi connectivity index (χ2n) is 6.29. The normalized spacial score (nSPS) is 12.0. The van der Waals surface area contributed by atoms with Gasteiger partial charge in [0.2, 0.25) is 4.96 Å². The molecule has 0 aliphatic rings. The van der Waals surface area contributed by atoms with Gasteiger partial charge in [-0.05, 0) is 42.0 Å². The Morgan fingerprint density at radius 2 is 1.67 bits per heavy atom. The van der Waals surface area contributed by atoms with Crippen LogP contribution in [0.1, 0.15) is 17.0 Å². The topological polar surface area (TPSA) is 75.0 Å². The predicted molar refractivity (Wildman–Crippen MR) is 117 cm³/mol. The van der Waals surface area contributed by atoms with Gasteiger partial charge in [0.15, 0.2) is 5.82 Å². The van der Waals surface area contributed by atoms with Crippen molar-refractivity contribution in [3.63, 3.8) is 0 Å². The van der Waals surface area contributed by atoms with E-state index in [9.17, 15) is 4.79 Å². The van der Waals surface area contributed by atoms with Crippen molar-refractivity contribution in [2.45, 2.75) is 0 Å². The van der Waals surface area contributed by atoms with Gasteiger partial charge in [0.1, 0.15) is 17.2 Å².